The molecular formula is C15H14BrFO3. The minimum absolute atomic E-state index is 0.318. The summed E-state index contributed by atoms with van der Waals surface area (Å²) in [7, 11) is 1.51. The molecule has 1 aliphatic carbocycles. The van der Waals surface area contributed by atoms with Crippen LogP contribution < -0.4 is 0 Å². The van der Waals surface area contributed by atoms with Crippen molar-refractivity contribution in [2.24, 2.45) is 0 Å². The van der Waals surface area contributed by atoms with Crippen molar-refractivity contribution in [3.05, 3.63) is 45.2 Å². The van der Waals surface area contributed by atoms with Crippen LogP contribution >= 0.6 is 15.9 Å². The van der Waals surface area contributed by atoms with Gasteiger partial charge in [0, 0.05) is 23.8 Å². The number of carbonyl (C=O) groups is 1. The molecule has 0 saturated heterocycles. The minimum Gasteiger partial charge on any atom is -0.421 e. The highest BCUT2D eigenvalue weighted by Crippen LogP contribution is 2.48. The summed E-state index contributed by atoms with van der Waals surface area (Å²) in [5.74, 6) is -1.87. The molecule has 0 bridgehead atoms. The number of ether oxygens (including phenoxy) is 2. The summed E-state index contributed by atoms with van der Waals surface area (Å²) in [6.45, 7) is 0. The third kappa shape index (κ3) is 1.91. The predicted octanol–water partition coefficient (Wildman–Crippen LogP) is 3.81. The Labute approximate surface area is 124 Å². The van der Waals surface area contributed by atoms with E-state index < -0.39 is 5.79 Å². The van der Waals surface area contributed by atoms with E-state index in [4.69, 9.17) is 9.47 Å². The number of cyclic esters (lactones) is 1. The molecule has 0 spiro atoms. The van der Waals surface area contributed by atoms with Crippen LogP contribution in [-0.4, -0.2) is 13.1 Å². The maximum Gasteiger partial charge on any atom is 0.337 e. The zero-order valence-corrected chi connectivity index (χ0v) is 12.6. The van der Waals surface area contributed by atoms with Gasteiger partial charge in [-0.15, -0.1) is 0 Å². The fourth-order valence-electron chi connectivity index (χ4n) is 2.96. The SMILES string of the molecule is COC1(c2ccc(F)c(Br)c2)OC(=O)C2=C1CCCC2. The average molecular weight is 341 g/mol. The molecule has 0 aromatic heterocycles. The van der Waals surface area contributed by atoms with Crippen molar-refractivity contribution in [3.63, 3.8) is 0 Å². The third-order valence-electron chi connectivity index (χ3n) is 3.94. The summed E-state index contributed by atoms with van der Waals surface area (Å²) in [4.78, 5) is 12.1. The number of methoxy groups -OCH3 is 1. The highest BCUT2D eigenvalue weighted by molar-refractivity contribution is 9.10. The molecule has 20 heavy (non-hydrogen) atoms. The first-order valence-corrected chi connectivity index (χ1v) is 7.34. The van der Waals surface area contributed by atoms with Gasteiger partial charge in [0.1, 0.15) is 5.82 Å². The summed E-state index contributed by atoms with van der Waals surface area (Å²) >= 11 is 3.16. The Morgan fingerprint density at radius 3 is 2.80 bits per heavy atom. The van der Waals surface area contributed by atoms with E-state index in [9.17, 15) is 9.18 Å². The number of rotatable bonds is 2. The van der Waals surface area contributed by atoms with Crippen LogP contribution in [0.2, 0.25) is 0 Å². The second-order valence-electron chi connectivity index (χ2n) is 5.00. The predicted molar refractivity (Wildman–Crippen MR) is 74.4 cm³/mol. The number of hydrogen-bond donors (Lipinski definition) is 0. The van der Waals surface area contributed by atoms with E-state index in [0.29, 0.717) is 10.0 Å². The Balaban J connectivity index is 2.14. The molecule has 0 fully saturated rings. The summed E-state index contributed by atoms with van der Waals surface area (Å²) < 4.78 is 24.9. The van der Waals surface area contributed by atoms with E-state index in [1.54, 1.807) is 12.1 Å². The molecule has 0 amide bonds. The van der Waals surface area contributed by atoms with Gasteiger partial charge in [-0.3, -0.25) is 0 Å². The first kappa shape index (κ1) is 13.8. The third-order valence-corrected chi connectivity index (χ3v) is 4.54. The lowest BCUT2D eigenvalue weighted by molar-refractivity contribution is -0.198. The first-order valence-electron chi connectivity index (χ1n) is 6.55. The van der Waals surface area contributed by atoms with Gasteiger partial charge in [-0.2, -0.15) is 0 Å². The number of carbonyl (C=O) groups excluding carboxylic acids is 1. The van der Waals surface area contributed by atoms with Crippen LogP contribution in [0.4, 0.5) is 4.39 Å². The van der Waals surface area contributed by atoms with E-state index in [1.807, 2.05) is 0 Å². The number of halogens is 2. The van der Waals surface area contributed by atoms with E-state index in [-0.39, 0.29) is 11.8 Å². The van der Waals surface area contributed by atoms with Gasteiger partial charge in [-0.05, 0) is 59.8 Å². The smallest absolute Gasteiger partial charge is 0.337 e. The van der Waals surface area contributed by atoms with E-state index in [1.165, 1.54) is 13.2 Å². The van der Waals surface area contributed by atoms with Crippen molar-refractivity contribution in [1.82, 2.24) is 0 Å². The molecular weight excluding hydrogens is 327 g/mol. The van der Waals surface area contributed by atoms with Crippen molar-refractivity contribution in [3.8, 4) is 0 Å². The van der Waals surface area contributed by atoms with Gasteiger partial charge >= 0.3 is 5.97 Å². The molecule has 1 aromatic rings. The van der Waals surface area contributed by atoms with Crippen LogP contribution in [0.5, 0.6) is 0 Å². The van der Waals surface area contributed by atoms with Crippen LogP contribution in [0.3, 0.4) is 0 Å². The molecule has 0 radical (unpaired) electrons. The van der Waals surface area contributed by atoms with Gasteiger partial charge in [0.25, 0.3) is 5.79 Å². The lowest BCUT2D eigenvalue weighted by Crippen LogP contribution is -2.32. The largest absolute Gasteiger partial charge is 0.421 e. The van der Waals surface area contributed by atoms with Crippen LogP contribution in [0.1, 0.15) is 31.2 Å². The van der Waals surface area contributed by atoms with Crippen LogP contribution in [0.25, 0.3) is 0 Å². The number of benzene rings is 1. The molecule has 1 aromatic carbocycles. The molecule has 0 saturated carbocycles. The zero-order chi connectivity index (χ0) is 14.3. The van der Waals surface area contributed by atoms with E-state index in [0.717, 1.165) is 36.8 Å². The molecule has 1 aliphatic heterocycles. The molecule has 5 heteroatoms. The molecule has 3 rings (SSSR count). The van der Waals surface area contributed by atoms with Crippen molar-refractivity contribution in [2.45, 2.75) is 31.5 Å². The summed E-state index contributed by atoms with van der Waals surface area (Å²) in [6, 6.07) is 4.55. The Bertz CT molecular complexity index is 611. The molecule has 2 aliphatic rings. The highest BCUT2D eigenvalue weighted by Gasteiger charge is 2.50. The topological polar surface area (TPSA) is 35.5 Å². The summed E-state index contributed by atoms with van der Waals surface area (Å²) in [5.41, 5.74) is 2.24. The Hall–Kier alpha value is -1.20. The Morgan fingerprint density at radius 2 is 2.10 bits per heavy atom. The van der Waals surface area contributed by atoms with Crippen molar-refractivity contribution in [2.75, 3.05) is 7.11 Å². The summed E-state index contributed by atoms with van der Waals surface area (Å²) in [5, 5.41) is 0. The maximum absolute atomic E-state index is 13.4. The van der Waals surface area contributed by atoms with Gasteiger partial charge in [0.2, 0.25) is 0 Å². The van der Waals surface area contributed by atoms with Gasteiger partial charge < -0.3 is 9.47 Å². The lowest BCUT2D eigenvalue weighted by Gasteiger charge is -2.30. The van der Waals surface area contributed by atoms with Crippen LogP contribution in [-0.2, 0) is 20.1 Å². The Morgan fingerprint density at radius 1 is 1.35 bits per heavy atom. The molecule has 1 atom stereocenters. The summed E-state index contributed by atoms with van der Waals surface area (Å²) in [6.07, 6.45) is 3.48. The molecule has 0 N–H and O–H groups in total. The normalized spacial score (nSPS) is 25.6. The van der Waals surface area contributed by atoms with E-state index in [2.05, 4.69) is 15.9 Å². The minimum atomic E-state index is -1.19. The van der Waals surface area contributed by atoms with Crippen LogP contribution in [0.15, 0.2) is 33.8 Å². The lowest BCUT2D eigenvalue weighted by atomic mass is 9.86. The fourth-order valence-corrected chi connectivity index (χ4v) is 3.34. The van der Waals surface area contributed by atoms with Gasteiger partial charge in [0.05, 0.1) is 4.47 Å². The van der Waals surface area contributed by atoms with Gasteiger partial charge in [0.15, 0.2) is 0 Å². The van der Waals surface area contributed by atoms with Crippen LogP contribution in [0, 0.1) is 5.82 Å². The highest BCUT2D eigenvalue weighted by atomic mass is 79.9. The molecule has 106 valence electrons. The first-order chi connectivity index (χ1) is 9.58. The molecule has 3 nitrogen and oxygen atoms in total. The second kappa shape index (κ2) is 4.97. The fraction of sp³-hybridized carbons (Fsp3) is 0.400. The van der Waals surface area contributed by atoms with Crippen molar-refractivity contribution in [1.29, 1.82) is 0 Å². The van der Waals surface area contributed by atoms with Gasteiger partial charge in [-0.25, -0.2) is 9.18 Å². The zero-order valence-electron chi connectivity index (χ0n) is 11.0. The number of esters is 1. The van der Waals surface area contributed by atoms with Gasteiger partial charge in [-0.1, -0.05) is 0 Å². The van der Waals surface area contributed by atoms with Crippen molar-refractivity contribution >= 4 is 21.9 Å². The number of hydrogen-bond acceptors (Lipinski definition) is 3. The molecule has 1 unspecified atom stereocenters. The second-order valence-corrected chi connectivity index (χ2v) is 5.86. The van der Waals surface area contributed by atoms with Crippen molar-refractivity contribution < 1.29 is 18.7 Å². The monoisotopic (exact) mass is 340 g/mol. The quantitative estimate of drug-likeness (QED) is 0.768. The standard InChI is InChI=1S/C15H14BrFO3/c1-19-15(9-6-7-13(17)12(16)8-9)11-5-3-2-4-10(11)14(18)20-15/h6-8H,2-5H2,1H3. The average Bonchev–Trinajstić information content (AvgIpc) is 2.76. The maximum atomic E-state index is 13.4. The Kier molecular flexibility index (Phi) is 3.42. The van der Waals surface area contributed by atoms with E-state index >= 15 is 0 Å². The molecule has 1 heterocycles.